The normalized spacial score (nSPS) is 19.7. The number of thiophene rings is 1. The Morgan fingerprint density at radius 2 is 1.72 bits per heavy atom. The minimum Gasteiger partial charge on any atom is -0.359 e. The molecular formula is C40H39F4N5O2S3. The summed E-state index contributed by atoms with van der Waals surface area (Å²) in [5.74, 6) is -0.472. The number of nitrogens with zero attached hydrogens (tertiary/aromatic N) is 3. The number of imide groups is 1. The number of aromatic nitrogens is 1. The zero-order chi connectivity index (χ0) is 37.4. The van der Waals surface area contributed by atoms with Crippen molar-refractivity contribution in [1.82, 2.24) is 19.5 Å². The molecule has 3 saturated heterocycles. The van der Waals surface area contributed by atoms with Crippen LogP contribution in [-0.4, -0.2) is 58.2 Å². The number of thiazole rings is 1. The second-order valence-corrected chi connectivity index (χ2v) is 17.4. The van der Waals surface area contributed by atoms with Crippen LogP contribution in [0.25, 0.3) is 21.2 Å². The SMILES string of the molecule is O=C1CCC(c2csc3cc(C4CCN(Cc5ccc(-c6cccc(SN7CCC(Nc8ncc(C(F)(F)F)s8)CC7)c6)cc5F)CC4)ccc23)C(=O)N1. The van der Waals surface area contributed by atoms with E-state index in [1.807, 2.05) is 30.3 Å². The van der Waals surface area contributed by atoms with Crippen LogP contribution in [0.3, 0.4) is 0 Å². The Morgan fingerprint density at radius 3 is 2.46 bits per heavy atom. The summed E-state index contributed by atoms with van der Waals surface area (Å²) in [5, 5.41) is 9.10. The first-order valence-electron chi connectivity index (χ1n) is 18.2. The van der Waals surface area contributed by atoms with Gasteiger partial charge >= 0.3 is 6.18 Å². The Balaban J connectivity index is 0.825. The molecule has 1 unspecified atom stereocenters. The highest BCUT2D eigenvalue weighted by Gasteiger charge is 2.34. The van der Waals surface area contributed by atoms with Crippen LogP contribution in [0.5, 0.6) is 0 Å². The van der Waals surface area contributed by atoms with Crippen molar-refractivity contribution in [2.45, 2.75) is 74.0 Å². The molecule has 5 heterocycles. The molecule has 2 aromatic heterocycles. The standard InChI is InChI=1S/C40H39F4N5O2S3/c41-34-19-26(25-2-1-3-30(18-25)54-49-16-12-29(13-17-49)46-39-45-21-36(53-39)40(42,43)44)4-5-28(34)22-48-14-10-24(11-15-48)27-6-7-31-33(23-52-35(31)20-27)32-8-9-37(50)47-38(32)51/h1-7,18-21,23-24,29,32H,8-17,22H2,(H,45,46)(H,47,50,51). The van der Waals surface area contributed by atoms with Gasteiger partial charge in [0.05, 0.1) is 12.1 Å². The molecule has 5 aromatic rings. The van der Waals surface area contributed by atoms with Gasteiger partial charge in [0.2, 0.25) is 11.8 Å². The number of anilines is 1. The van der Waals surface area contributed by atoms with Crippen molar-refractivity contribution in [2.24, 2.45) is 0 Å². The summed E-state index contributed by atoms with van der Waals surface area (Å²) in [6, 6.07) is 20.3. The first kappa shape index (κ1) is 37.1. The molecule has 2 amide bonds. The minimum atomic E-state index is -4.38. The third kappa shape index (κ3) is 8.37. The molecule has 3 fully saturated rings. The molecule has 0 bridgehead atoms. The highest BCUT2D eigenvalue weighted by molar-refractivity contribution is 7.97. The third-order valence-electron chi connectivity index (χ3n) is 10.7. The number of alkyl halides is 3. The summed E-state index contributed by atoms with van der Waals surface area (Å²) >= 11 is 3.94. The first-order valence-corrected chi connectivity index (χ1v) is 20.7. The molecule has 14 heteroatoms. The van der Waals surface area contributed by atoms with E-state index in [-0.39, 0.29) is 29.6 Å². The molecule has 3 aliphatic rings. The fourth-order valence-corrected chi connectivity index (χ4v) is 10.6. The summed E-state index contributed by atoms with van der Waals surface area (Å²) in [4.78, 5) is 30.7. The number of hydrogen-bond donors (Lipinski definition) is 2. The zero-order valence-corrected chi connectivity index (χ0v) is 31.8. The number of hydrogen-bond acceptors (Lipinski definition) is 9. The van der Waals surface area contributed by atoms with Gasteiger partial charge in [-0.15, -0.1) is 11.3 Å². The van der Waals surface area contributed by atoms with Crippen LogP contribution in [0.4, 0.5) is 22.7 Å². The van der Waals surface area contributed by atoms with Crippen LogP contribution in [0, 0.1) is 5.82 Å². The van der Waals surface area contributed by atoms with E-state index in [9.17, 15) is 22.8 Å². The maximum atomic E-state index is 15.5. The number of fused-ring (bicyclic) bond motifs is 1. The van der Waals surface area contributed by atoms with Gasteiger partial charge in [-0.3, -0.25) is 19.8 Å². The Morgan fingerprint density at radius 1 is 0.926 bits per heavy atom. The van der Waals surface area contributed by atoms with Crippen molar-refractivity contribution in [1.29, 1.82) is 0 Å². The van der Waals surface area contributed by atoms with Gasteiger partial charge in [0.25, 0.3) is 0 Å². The number of benzene rings is 3. The lowest BCUT2D eigenvalue weighted by Gasteiger charge is -2.32. The Kier molecular flexibility index (Phi) is 10.8. The van der Waals surface area contributed by atoms with Crippen molar-refractivity contribution in [3.8, 4) is 11.1 Å². The molecule has 0 spiro atoms. The van der Waals surface area contributed by atoms with E-state index < -0.39 is 11.1 Å². The maximum Gasteiger partial charge on any atom is 0.427 e. The summed E-state index contributed by atoms with van der Waals surface area (Å²) in [6.45, 7) is 3.88. The van der Waals surface area contributed by atoms with E-state index in [1.165, 1.54) is 5.56 Å². The highest BCUT2D eigenvalue weighted by Crippen LogP contribution is 2.39. The quantitative estimate of drug-likeness (QED) is 0.0875. The molecular weight excluding hydrogens is 755 g/mol. The molecule has 0 saturated carbocycles. The molecule has 0 radical (unpaired) electrons. The molecule has 3 aliphatic heterocycles. The van der Waals surface area contributed by atoms with Gasteiger partial charge in [-0.1, -0.05) is 47.7 Å². The topological polar surface area (TPSA) is 77.6 Å². The number of piperidine rings is 3. The van der Waals surface area contributed by atoms with Crippen molar-refractivity contribution >= 4 is 61.7 Å². The van der Waals surface area contributed by atoms with E-state index in [2.05, 4.69) is 54.5 Å². The molecule has 1 atom stereocenters. The van der Waals surface area contributed by atoms with Crippen LogP contribution in [0.2, 0.25) is 0 Å². The third-order valence-corrected chi connectivity index (χ3v) is 13.7. The van der Waals surface area contributed by atoms with Crippen LogP contribution in [0.1, 0.15) is 71.9 Å². The van der Waals surface area contributed by atoms with E-state index in [0.29, 0.717) is 47.3 Å². The number of halogens is 4. The first-order chi connectivity index (χ1) is 26.1. The summed E-state index contributed by atoms with van der Waals surface area (Å²) in [6.07, 6.45) is 0.981. The van der Waals surface area contributed by atoms with Crippen LogP contribution >= 0.6 is 34.6 Å². The van der Waals surface area contributed by atoms with Gasteiger partial charge in [0.15, 0.2) is 5.13 Å². The number of carbonyl (C=O) groups excluding carboxylic acids is 2. The molecule has 54 heavy (non-hydrogen) atoms. The Hall–Kier alpha value is -3.82. The van der Waals surface area contributed by atoms with Crippen molar-refractivity contribution in [3.05, 3.63) is 99.6 Å². The van der Waals surface area contributed by atoms with Gasteiger partial charge in [-0.05, 0) is 120 Å². The van der Waals surface area contributed by atoms with E-state index >= 15 is 4.39 Å². The zero-order valence-electron chi connectivity index (χ0n) is 29.3. The number of carbonyl (C=O) groups is 2. The van der Waals surface area contributed by atoms with Gasteiger partial charge in [-0.25, -0.2) is 13.7 Å². The number of likely N-dealkylation sites (tertiary alicyclic amines) is 1. The number of nitrogens with one attached hydrogen (secondary N) is 2. The van der Waals surface area contributed by atoms with Crippen LogP contribution in [-0.2, 0) is 22.3 Å². The largest absolute Gasteiger partial charge is 0.427 e. The number of rotatable bonds is 9. The van der Waals surface area contributed by atoms with Crippen molar-refractivity contribution in [3.63, 3.8) is 0 Å². The number of amides is 2. The monoisotopic (exact) mass is 793 g/mol. The van der Waals surface area contributed by atoms with Gasteiger partial charge in [0.1, 0.15) is 10.7 Å². The Labute approximate surface area is 323 Å². The average Bonchev–Trinajstić information content (AvgIpc) is 3.81. The molecule has 8 rings (SSSR count). The second-order valence-electron chi connectivity index (χ2n) is 14.3. The van der Waals surface area contributed by atoms with Crippen molar-refractivity contribution in [2.75, 3.05) is 31.5 Å². The van der Waals surface area contributed by atoms with E-state index in [0.717, 1.165) is 89.7 Å². The average molecular weight is 794 g/mol. The maximum absolute atomic E-state index is 15.5. The minimum absolute atomic E-state index is 0.0680. The van der Waals surface area contributed by atoms with Crippen LogP contribution in [0.15, 0.2) is 77.1 Å². The lowest BCUT2D eigenvalue weighted by molar-refractivity contribution is -0.135. The van der Waals surface area contributed by atoms with E-state index in [1.54, 1.807) is 29.4 Å². The molecule has 7 nitrogen and oxygen atoms in total. The summed E-state index contributed by atoms with van der Waals surface area (Å²) < 4.78 is 57.8. The Bertz CT molecular complexity index is 2150. The fraction of sp³-hybridized carbons (Fsp3) is 0.375. The smallest absolute Gasteiger partial charge is 0.359 e. The predicted molar refractivity (Wildman–Crippen MR) is 207 cm³/mol. The molecule has 2 N–H and O–H groups in total. The molecule has 282 valence electrons. The van der Waals surface area contributed by atoms with Gasteiger partial charge in [0, 0.05) is 47.3 Å². The van der Waals surface area contributed by atoms with Gasteiger partial charge in [-0.2, -0.15) is 13.2 Å². The van der Waals surface area contributed by atoms with Gasteiger partial charge < -0.3 is 5.32 Å². The molecule has 0 aliphatic carbocycles. The highest BCUT2D eigenvalue weighted by atomic mass is 32.2. The lowest BCUT2D eigenvalue weighted by Crippen LogP contribution is -2.39. The second kappa shape index (κ2) is 15.7. The van der Waals surface area contributed by atoms with Crippen molar-refractivity contribution < 1.29 is 27.2 Å². The molecule has 3 aromatic carbocycles. The lowest BCUT2D eigenvalue weighted by atomic mass is 9.87. The summed E-state index contributed by atoms with van der Waals surface area (Å²) in [7, 11) is 0. The van der Waals surface area contributed by atoms with E-state index in [4.69, 9.17) is 0 Å². The van der Waals surface area contributed by atoms with Crippen LogP contribution < -0.4 is 10.6 Å². The summed E-state index contributed by atoms with van der Waals surface area (Å²) in [5.41, 5.74) is 4.76. The fourth-order valence-electron chi connectivity index (χ4n) is 7.72. The predicted octanol–water partition coefficient (Wildman–Crippen LogP) is 9.67.